The van der Waals surface area contributed by atoms with Crippen LogP contribution >= 0.6 is 0 Å². The van der Waals surface area contributed by atoms with Crippen LogP contribution in [-0.2, 0) is 12.8 Å². The number of rotatable bonds is 4. The Hall–Kier alpha value is -2.36. The molecule has 2 aromatic carbocycles. The summed E-state index contributed by atoms with van der Waals surface area (Å²) in [4.78, 5) is 0. The van der Waals surface area contributed by atoms with Gasteiger partial charge in [0.1, 0.15) is 0 Å². The van der Waals surface area contributed by atoms with Crippen molar-refractivity contribution in [1.29, 1.82) is 0 Å². The van der Waals surface area contributed by atoms with Crippen molar-refractivity contribution in [2.24, 2.45) is 5.92 Å². The number of phenols is 4. The first-order valence-electron chi connectivity index (χ1n) is 7.43. The molecule has 0 saturated carbocycles. The third kappa shape index (κ3) is 3.11. The van der Waals surface area contributed by atoms with Gasteiger partial charge in [-0.25, -0.2) is 0 Å². The zero-order valence-electron chi connectivity index (χ0n) is 13.1. The molecule has 0 aromatic heterocycles. The van der Waals surface area contributed by atoms with E-state index >= 15 is 0 Å². The molecule has 0 aliphatic carbocycles. The molecular weight excluding hydrogens is 280 g/mol. The Labute approximate surface area is 130 Å². The number of aryl methyl sites for hydroxylation is 1. The molecule has 0 heterocycles. The second-order valence-corrected chi connectivity index (χ2v) is 5.97. The fourth-order valence-corrected chi connectivity index (χ4v) is 2.56. The van der Waals surface area contributed by atoms with Gasteiger partial charge in [0.2, 0.25) is 0 Å². The van der Waals surface area contributed by atoms with Crippen LogP contribution < -0.4 is 0 Å². The predicted octanol–water partition coefficient (Wildman–Crippen LogP) is 3.94. The van der Waals surface area contributed by atoms with E-state index < -0.39 is 0 Å². The van der Waals surface area contributed by atoms with Gasteiger partial charge in [0.05, 0.1) is 0 Å². The summed E-state index contributed by atoms with van der Waals surface area (Å²) >= 11 is 0. The lowest BCUT2D eigenvalue weighted by molar-refractivity contribution is 0.399. The Morgan fingerprint density at radius 1 is 0.773 bits per heavy atom. The minimum Gasteiger partial charge on any atom is -0.504 e. The average Bonchev–Trinajstić information content (AvgIpc) is 2.45. The fraction of sp³-hybridized carbons (Fsp3) is 0.333. The molecule has 0 bridgehead atoms. The molecule has 0 unspecified atom stereocenters. The maximum atomic E-state index is 10.1. The molecule has 118 valence electrons. The van der Waals surface area contributed by atoms with Gasteiger partial charge in [-0.1, -0.05) is 20.8 Å². The van der Waals surface area contributed by atoms with Crippen LogP contribution in [0.4, 0.5) is 0 Å². The SMILES string of the molecule is CCc1cc(O)c(O)c(-c2cc(CC(C)C)cc(O)c2O)c1. The topological polar surface area (TPSA) is 80.9 Å². The second-order valence-electron chi connectivity index (χ2n) is 5.97. The third-order valence-electron chi connectivity index (χ3n) is 3.64. The van der Waals surface area contributed by atoms with Gasteiger partial charge in [0.25, 0.3) is 0 Å². The predicted molar refractivity (Wildman–Crippen MR) is 86.5 cm³/mol. The summed E-state index contributed by atoms with van der Waals surface area (Å²) in [6.45, 7) is 6.05. The second kappa shape index (κ2) is 6.18. The van der Waals surface area contributed by atoms with Gasteiger partial charge in [-0.15, -0.1) is 0 Å². The van der Waals surface area contributed by atoms with Gasteiger partial charge in [0, 0.05) is 11.1 Å². The molecule has 4 heteroatoms. The van der Waals surface area contributed by atoms with Crippen molar-refractivity contribution in [1.82, 2.24) is 0 Å². The molecule has 22 heavy (non-hydrogen) atoms. The van der Waals surface area contributed by atoms with Crippen LogP contribution in [0.15, 0.2) is 24.3 Å². The lowest BCUT2D eigenvalue weighted by Gasteiger charge is -2.14. The Morgan fingerprint density at radius 2 is 1.23 bits per heavy atom. The molecule has 2 rings (SSSR count). The smallest absolute Gasteiger partial charge is 0.165 e. The van der Waals surface area contributed by atoms with Crippen LogP contribution in [0.5, 0.6) is 23.0 Å². The summed E-state index contributed by atoms with van der Waals surface area (Å²) in [5, 5.41) is 40.1. The molecule has 0 atom stereocenters. The summed E-state index contributed by atoms with van der Waals surface area (Å²) in [6, 6.07) is 6.47. The van der Waals surface area contributed by atoms with Crippen LogP contribution in [0.3, 0.4) is 0 Å². The Bertz CT molecular complexity index is 690. The van der Waals surface area contributed by atoms with Gasteiger partial charge in [-0.2, -0.15) is 0 Å². The third-order valence-corrected chi connectivity index (χ3v) is 3.64. The Morgan fingerprint density at radius 3 is 1.68 bits per heavy atom. The molecule has 4 N–H and O–H groups in total. The van der Waals surface area contributed by atoms with E-state index in [1.807, 2.05) is 6.92 Å². The number of hydrogen-bond acceptors (Lipinski definition) is 4. The van der Waals surface area contributed by atoms with Gasteiger partial charge in [0.15, 0.2) is 23.0 Å². The van der Waals surface area contributed by atoms with Crippen LogP contribution in [0, 0.1) is 5.92 Å². The van der Waals surface area contributed by atoms with Crippen LogP contribution in [0.25, 0.3) is 11.1 Å². The van der Waals surface area contributed by atoms with Crippen molar-refractivity contribution >= 4 is 0 Å². The summed E-state index contributed by atoms with van der Waals surface area (Å²) in [5.74, 6) is -0.665. The summed E-state index contributed by atoms with van der Waals surface area (Å²) in [5.41, 5.74) is 2.33. The lowest BCUT2D eigenvalue weighted by Crippen LogP contribution is -1.95. The van der Waals surface area contributed by atoms with E-state index in [1.54, 1.807) is 12.1 Å². The van der Waals surface area contributed by atoms with Gasteiger partial charge in [-0.3, -0.25) is 0 Å². The standard InChI is InChI=1S/C18H22O4/c1-4-11-6-13(17(21)15(19)8-11)14-7-12(5-10(2)3)9-16(20)18(14)22/h6-10,19-22H,4-5H2,1-3H3. The monoisotopic (exact) mass is 302 g/mol. The number of phenolic OH excluding ortho intramolecular Hbond substituents is 4. The molecule has 0 spiro atoms. The highest BCUT2D eigenvalue weighted by Crippen LogP contribution is 2.45. The molecule has 0 radical (unpaired) electrons. The van der Waals surface area contributed by atoms with E-state index in [0.29, 0.717) is 23.5 Å². The molecule has 0 saturated heterocycles. The largest absolute Gasteiger partial charge is 0.504 e. The Kier molecular flexibility index (Phi) is 4.50. The minimum absolute atomic E-state index is 0.228. The van der Waals surface area contributed by atoms with Gasteiger partial charge < -0.3 is 20.4 Å². The molecule has 0 aliphatic rings. The molecule has 2 aromatic rings. The highest BCUT2D eigenvalue weighted by atomic mass is 16.3. The molecule has 4 nitrogen and oxygen atoms in total. The summed E-state index contributed by atoms with van der Waals surface area (Å²) < 4.78 is 0. The van der Waals surface area contributed by atoms with Crippen molar-refractivity contribution < 1.29 is 20.4 Å². The fourth-order valence-electron chi connectivity index (χ4n) is 2.56. The van der Waals surface area contributed by atoms with Gasteiger partial charge >= 0.3 is 0 Å². The highest BCUT2D eigenvalue weighted by molar-refractivity contribution is 5.80. The van der Waals surface area contributed by atoms with Crippen LogP contribution in [-0.4, -0.2) is 20.4 Å². The number of hydrogen-bond donors (Lipinski definition) is 4. The van der Waals surface area contributed by atoms with E-state index in [1.165, 1.54) is 12.1 Å². The van der Waals surface area contributed by atoms with Crippen LogP contribution in [0.2, 0.25) is 0 Å². The zero-order chi connectivity index (χ0) is 16.4. The number of aromatic hydroxyl groups is 4. The molecule has 0 amide bonds. The average molecular weight is 302 g/mol. The van der Waals surface area contributed by atoms with E-state index in [9.17, 15) is 20.4 Å². The van der Waals surface area contributed by atoms with E-state index in [4.69, 9.17) is 0 Å². The van der Waals surface area contributed by atoms with Crippen molar-refractivity contribution in [2.75, 3.05) is 0 Å². The molecule has 0 aliphatic heterocycles. The van der Waals surface area contributed by atoms with Crippen molar-refractivity contribution in [3.63, 3.8) is 0 Å². The van der Waals surface area contributed by atoms with E-state index in [0.717, 1.165) is 17.5 Å². The maximum Gasteiger partial charge on any atom is 0.165 e. The first-order chi connectivity index (χ1) is 10.3. The summed E-state index contributed by atoms with van der Waals surface area (Å²) in [7, 11) is 0. The first kappa shape index (κ1) is 16.0. The summed E-state index contributed by atoms with van der Waals surface area (Å²) in [6.07, 6.45) is 1.42. The Balaban J connectivity index is 2.66. The maximum absolute atomic E-state index is 10.1. The van der Waals surface area contributed by atoms with Crippen LogP contribution in [0.1, 0.15) is 31.9 Å². The first-order valence-corrected chi connectivity index (χ1v) is 7.43. The molecular formula is C18H22O4. The number of benzene rings is 2. The quantitative estimate of drug-likeness (QED) is 0.645. The van der Waals surface area contributed by atoms with Crippen molar-refractivity contribution in [3.8, 4) is 34.1 Å². The van der Waals surface area contributed by atoms with Crippen molar-refractivity contribution in [3.05, 3.63) is 35.4 Å². The van der Waals surface area contributed by atoms with Crippen molar-refractivity contribution in [2.45, 2.75) is 33.6 Å². The highest BCUT2D eigenvalue weighted by Gasteiger charge is 2.17. The molecule has 0 fully saturated rings. The van der Waals surface area contributed by atoms with Gasteiger partial charge in [-0.05, 0) is 54.2 Å². The lowest BCUT2D eigenvalue weighted by atomic mass is 9.94. The van der Waals surface area contributed by atoms with E-state index in [-0.39, 0.29) is 23.0 Å². The normalized spacial score (nSPS) is 11.1. The zero-order valence-corrected chi connectivity index (χ0v) is 13.1. The van der Waals surface area contributed by atoms with E-state index in [2.05, 4.69) is 13.8 Å². The minimum atomic E-state index is -0.298.